The van der Waals surface area contributed by atoms with E-state index in [1.807, 2.05) is 13.0 Å². The van der Waals surface area contributed by atoms with Crippen LogP contribution in [0.15, 0.2) is 24.3 Å². The van der Waals surface area contributed by atoms with Gasteiger partial charge in [-0.05, 0) is 30.7 Å². The summed E-state index contributed by atoms with van der Waals surface area (Å²) in [5.41, 5.74) is 1.77. The first-order valence-electron chi connectivity index (χ1n) is 6.43. The zero-order valence-electron chi connectivity index (χ0n) is 12.1. The van der Waals surface area contributed by atoms with Crippen LogP contribution in [0.25, 0.3) is 0 Å². The van der Waals surface area contributed by atoms with Crippen molar-refractivity contribution in [3.63, 3.8) is 0 Å². The predicted octanol–water partition coefficient (Wildman–Crippen LogP) is 2.53. The van der Waals surface area contributed by atoms with Crippen molar-refractivity contribution >= 4 is 17.2 Å². The highest BCUT2D eigenvalue weighted by atomic mass is 16.6. The predicted molar refractivity (Wildman–Crippen MR) is 78.5 cm³/mol. The maximum Gasteiger partial charge on any atom is 0.334 e. The average molecular weight is 285 g/mol. The van der Waals surface area contributed by atoms with E-state index in [-0.39, 0.29) is 5.69 Å². The minimum atomic E-state index is -0.401. The number of benzene rings is 1. The molecule has 0 spiro atoms. The van der Waals surface area contributed by atoms with Crippen LogP contribution in [0.3, 0.4) is 0 Å². The fourth-order valence-corrected chi connectivity index (χ4v) is 2.24. The van der Waals surface area contributed by atoms with Crippen molar-refractivity contribution in [3.8, 4) is 6.07 Å². The van der Waals surface area contributed by atoms with Crippen molar-refractivity contribution in [1.82, 2.24) is 9.78 Å². The molecule has 0 N–H and O–H groups in total. The van der Waals surface area contributed by atoms with E-state index >= 15 is 0 Å². The highest BCUT2D eigenvalue weighted by Crippen LogP contribution is 2.34. The molecule has 0 saturated heterocycles. The van der Waals surface area contributed by atoms with Gasteiger partial charge in [0.15, 0.2) is 0 Å². The van der Waals surface area contributed by atoms with Crippen LogP contribution in [0, 0.1) is 21.4 Å². The second-order valence-electron chi connectivity index (χ2n) is 4.57. The van der Waals surface area contributed by atoms with Crippen molar-refractivity contribution in [2.24, 2.45) is 7.05 Å². The standard InChI is InChI=1S/C14H15N5O2/c1-4-12-13(19(20)21)14(18(3)16-12)17(2)11-7-5-10(9-15)6-8-11/h5-8H,4H2,1-3H3. The van der Waals surface area contributed by atoms with Gasteiger partial charge in [0.25, 0.3) is 0 Å². The van der Waals surface area contributed by atoms with Crippen LogP contribution in [-0.4, -0.2) is 21.8 Å². The summed E-state index contributed by atoms with van der Waals surface area (Å²) in [6.07, 6.45) is 0.491. The maximum absolute atomic E-state index is 11.3. The number of aryl methyl sites for hydroxylation is 2. The van der Waals surface area contributed by atoms with Crippen LogP contribution in [0.4, 0.5) is 17.2 Å². The molecule has 0 aliphatic rings. The monoisotopic (exact) mass is 285 g/mol. The lowest BCUT2D eigenvalue weighted by Gasteiger charge is -2.18. The number of nitrogens with zero attached hydrogens (tertiary/aromatic N) is 5. The zero-order chi connectivity index (χ0) is 15.6. The number of aromatic nitrogens is 2. The lowest BCUT2D eigenvalue weighted by Crippen LogP contribution is -2.15. The van der Waals surface area contributed by atoms with E-state index in [1.54, 1.807) is 43.3 Å². The minimum Gasteiger partial charge on any atom is -0.324 e. The number of nitro groups is 1. The zero-order valence-corrected chi connectivity index (χ0v) is 12.1. The van der Waals surface area contributed by atoms with E-state index in [9.17, 15) is 10.1 Å². The second kappa shape index (κ2) is 5.63. The molecule has 0 unspecified atom stereocenters. The summed E-state index contributed by atoms with van der Waals surface area (Å²) in [7, 11) is 3.42. The first-order chi connectivity index (χ1) is 9.99. The van der Waals surface area contributed by atoms with Gasteiger partial charge in [-0.2, -0.15) is 10.4 Å². The number of rotatable bonds is 4. The van der Waals surface area contributed by atoms with E-state index in [2.05, 4.69) is 5.10 Å². The summed E-state index contributed by atoms with van der Waals surface area (Å²) in [5.74, 6) is 0.418. The molecule has 0 aliphatic carbocycles. The molecular weight excluding hydrogens is 270 g/mol. The Balaban J connectivity index is 2.52. The Morgan fingerprint density at radius 1 is 1.43 bits per heavy atom. The summed E-state index contributed by atoms with van der Waals surface area (Å²) < 4.78 is 1.51. The van der Waals surface area contributed by atoms with E-state index in [4.69, 9.17) is 5.26 Å². The molecule has 21 heavy (non-hydrogen) atoms. The molecule has 2 aromatic rings. The SMILES string of the molecule is CCc1nn(C)c(N(C)c2ccc(C#N)cc2)c1[N+](=O)[O-]. The van der Waals surface area contributed by atoms with Crippen molar-refractivity contribution in [3.05, 3.63) is 45.6 Å². The van der Waals surface area contributed by atoms with Crippen molar-refractivity contribution < 1.29 is 4.92 Å². The summed E-state index contributed by atoms with van der Waals surface area (Å²) in [6, 6.07) is 8.90. The number of nitriles is 1. The van der Waals surface area contributed by atoms with Crippen LogP contribution >= 0.6 is 0 Å². The van der Waals surface area contributed by atoms with Gasteiger partial charge in [0.05, 0.1) is 16.6 Å². The molecule has 0 bridgehead atoms. The molecule has 1 aromatic heterocycles. The molecule has 1 heterocycles. The number of hydrogen-bond acceptors (Lipinski definition) is 5. The molecule has 0 aliphatic heterocycles. The van der Waals surface area contributed by atoms with Crippen LogP contribution in [0.1, 0.15) is 18.2 Å². The Morgan fingerprint density at radius 3 is 2.52 bits per heavy atom. The third kappa shape index (κ3) is 2.56. The molecule has 0 fully saturated rings. The smallest absolute Gasteiger partial charge is 0.324 e. The molecule has 108 valence electrons. The fraction of sp³-hybridized carbons (Fsp3) is 0.286. The van der Waals surface area contributed by atoms with Gasteiger partial charge in [-0.3, -0.25) is 10.1 Å². The molecule has 0 saturated carbocycles. The quantitative estimate of drug-likeness (QED) is 0.636. The van der Waals surface area contributed by atoms with Gasteiger partial charge in [-0.25, -0.2) is 4.68 Å². The van der Waals surface area contributed by atoms with Gasteiger partial charge in [-0.15, -0.1) is 0 Å². The number of anilines is 2. The Morgan fingerprint density at radius 2 is 2.05 bits per heavy atom. The number of hydrogen-bond donors (Lipinski definition) is 0. The summed E-state index contributed by atoms with van der Waals surface area (Å²) >= 11 is 0. The maximum atomic E-state index is 11.3. The molecule has 7 nitrogen and oxygen atoms in total. The van der Waals surface area contributed by atoms with Gasteiger partial charge in [-0.1, -0.05) is 6.92 Å². The van der Waals surface area contributed by atoms with Crippen LogP contribution < -0.4 is 4.90 Å². The van der Waals surface area contributed by atoms with Crippen molar-refractivity contribution in [2.75, 3.05) is 11.9 Å². The molecular formula is C14H15N5O2. The molecule has 1 aromatic carbocycles. The Hall–Kier alpha value is -2.88. The molecule has 0 radical (unpaired) electrons. The third-order valence-corrected chi connectivity index (χ3v) is 3.28. The van der Waals surface area contributed by atoms with E-state index in [1.165, 1.54) is 4.68 Å². The Labute approximate surface area is 122 Å². The summed E-state index contributed by atoms with van der Waals surface area (Å²) in [5, 5.41) is 24.4. The largest absolute Gasteiger partial charge is 0.334 e. The lowest BCUT2D eigenvalue weighted by atomic mass is 10.2. The van der Waals surface area contributed by atoms with Gasteiger partial charge >= 0.3 is 5.69 Å². The van der Waals surface area contributed by atoms with Crippen LogP contribution in [0.2, 0.25) is 0 Å². The third-order valence-electron chi connectivity index (χ3n) is 3.28. The summed E-state index contributed by atoms with van der Waals surface area (Å²) in [4.78, 5) is 12.6. The Bertz CT molecular complexity index is 712. The van der Waals surface area contributed by atoms with E-state index in [0.29, 0.717) is 23.5 Å². The lowest BCUT2D eigenvalue weighted by molar-refractivity contribution is -0.384. The van der Waals surface area contributed by atoms with Crippen LogP contribution in [-0.2, 0) is 13.5 Å². The first-order valence-corrected chi connectivity index (χ1v) is 6.43. The topological polar surface area (TPSA) is 88.0 Å². The molecule has 0 atom stereocenters. The Kier molecular flexibility index (Phi) is 3.89. The van der Waals surface area contributed by atoms with E-state index in [0.717, 1.165) is 5.69 Å². The van der Waals surface area contributed by atoms with Gasteiger partial charge in [0, 0.05) is 19.8 Å². The van der Waals surface area contributed by atoms with Crippen molar-refractivity contribution in [1.29, 1.82) is 5.26 Å². The molecule has 7 heteroatoms. The molecule has 2 rings (SSSR count). The fourth-order valence-electron chi connectivity index (χ4n) is 2.24. The van der Waals surface area contributed by atoms with Gasteiger partial charge in [0.2, 0.25) is 5.82 Å². The van der Waals surface area contributed by atoms with E-state index < -0.39 is 4.92 Å². The average Bonchev–Trinajstić information content (AvgIpc) is 2.83. The highest BCUT2D eigenvalue weighted by Gasteiger charge is 2.28. The minimum absolute atomic E-state index is 0.0202. The summed E-state index contributed by atoms with van der Waals surface area (Å²) in [6.45, 7) is 1.83. The van der Waals surface area contributed by atoms with Crippen molar-refractivity contribution in [2.45, 2.75) is 13.3 Å². The van der Waals surface area contributed by atoms with Crippen LogP contribution in [0.5, 0.6) is 0 Å². The van der Waals surface area contributed by atoms with Gasteiger partial charge in [0.1, 0.15) is 5.69 Å². The van der Waals surface area contributed by atoms with Gasteiger partial charge < -0.3 is 4.90 Å². The second-order valence-corrected chi connectivity index (χ2v) is 4.57. The normalized spacial score (nSPS) is 10.2. The first kappa shape index (κ1) is 14.5. The molecule has 0 amide bonds. The highest BCUT2D eigenvalue weighted by molar-refractivity contribution is 5.70.